The zero-order valence-corrected chi connectivity index (χ0v) is 16.7. The van der Waals surface area contributed by atoms with Crippen molar-refractivity contribution in [2.24, 2.45) is 0 Å². The number of carbonyl (C=O) groups is 2. The minimum atomic E-state index is -1.06. The number of thioether (sulfide) groups is 1. The number of carboxylic acids is 1. The average Bonchev–Trinajstić information content (AvgIpc) is 2.92. The van der Waals surface area contributed by atoms with Crippen molar-refractivity contribution in [2.45, 2.75) is 19.4 Å². The Bertz CT molecular complexity index is 775. The fourth-order valence-corrected chi connectivity index (χ4v) is 4.34. The van der Waals surface area contributed by atoms with Crippen molar-refractivity contribution in [3.8, 4) is 10.6 Å². The summed E-state index contributed by atoms with van der Waals surface area (Å²) in [7, 11) is 0. The first-order valence-corrected chi connectivity index (χ1v) is 10.3. The fourth-order valence-electron chi connectivity index (χ4n) is 2.13. The summed E-state index contributed by atoms with van der Waals surface area (Å²) in [4.78, 5) is 28.5. The first kappa shape index (κ1) is 20.0. The molecule has 1 aromatic heterocycles. The predicted molar refractivity (Wildman–Crippen MR) is 104 cm³/mol. The van der Waals surface area contributed by atoms with Gasteiger partial charge in [-0.1, -0.05) is 29.3 Å². The lowest BCUT2D eigenvalue weighted by atomic mass is 10.2. The highest BCUT2D eigenvalue weighted by Crippen LogP contribution is 2.37. The quantitative estimate of drug-likeness (QED) is 0.697. The molecule has 1 unspecified atom stereocenters. The largest absolute Gasteiger partial charge is 0.480 e. The number of aryl methyl sites for hydroxylation is 1. The van der Waals surface area contributed by atoms with Crippen LogP contribution in [0.4, 0.5) is 0 Å². The summed E-state index contributed by atoms with van der Waals surface area (Å²) < 4.78 is 0. The maximum Gasteiger partial charge on any atom is 0.326 e. The van der Waals surface area contributed by atoms with E-state index in [1.165, 1.54) is 11.8 Å². The second kappa shape index (κ2) is 8.89. The standard InChI is InChI=1S/C16H16Cl2N2O3S2/c1-8-13(14(21)20-11(16(22)23)6-7-24-2)25-15(19-8)12-9(17)4-3-5-10(12)18/h3-5,11H,6-7H2,1-2H3,(H,20,21)(H,22,23). The summed E-state index contributed by atoms with van der Waals surface area (Å²) in [6.07, 6.45) is 2.23. The van der Waals surface area contributed by atoms with Gasteiger partial charge < -0.3 is 10.4 Å². The molecule has 2 aromatic rings. The van der Waals surface area contributed by atoms with Crippen LogP contribution < -0.4 is 5.32 Å². The Labute approximate surface area is 163 Å². The number of carbonyl (C=O) groups excluding carboxylic acids is 1. The van der Waals surface area contributed by atoms with Gasteiger partial charge in [0.2, 0.25) is 0 Å². The van der Waals surface area contributed by atoms with Crippen LogP contribution in [-0.4, -0.2) is 40.0 Å². The number of rotatable bonds is 7. The SMILES string of the molecule is CSCCC(NC(=O)c1sc(-c2c(Cl)cccc2Cl)nc1C)C(=O)O. The van der Waals surface area contributed by atoms with Gasteiger partial charge in [-0.2, -0.15) is 11.8 Å². The summed E-state index contributed by atoms with van der Waals surface area (Å²) >= 11 is 15.0. The summed E-state index contributed by atoms with van der Waals surface area (Å²) in [5, 5.41) is 13.2. The van der Waals surface area contributed by atoms with E-state index >= 15 is 0 Å². The Hall–Kier alpha value is -1.28. The average molecular weight is 419 g/mol. The summed E-state index contributed by atoms with van der Waals surface area (Å²) in [5.74, 6) is -0.878. The Kier molecular flexibility index (Phi) is 7.13. The number of aliphatic carboxylic acids is 1. The van der Waals surface area contributed by atoms with Crippen molar-refractivity contribution in [3.05, 3.63) is 38.8 Å². The second-order valence-electron chi connectivity index (χ2n) is 5.18. The normalized spacial score (nSPS) is 12.0. The first-order valence-electron chi connectivity index (χ1n) is 7.29. The lowest BCUT2D eigenvalue weighted by Gasteiger charge is -2.13. The molecule has 1 heterocycles. The molecule has 0 spiro atoms. The third kappa shape index (κ3) is 4.88. The Balaban J connectivity index is 2.27. The van der Waals surface area contributed by atoms with Gasteiger partial charge in [-0.05, 0) is 37.5 Å². The molecule has 1 atom stereocenters. The van der Waals surface area contributed by atoms with Gasteiger partial charge in [0.15, 0.2) is 0 Å². The van der Waals surface area contributed by atoms with E-state index in [1.807, 2.05) is 6.26 Å². The lowest BCUT2D eigenvalue weighted by Crippen LogP contribution is -2.41. The van der Waals surface area contributed by atoms with Gasteiger partial charge in [-0.25, -0.2) is 9.78 Å². The van der Waals surface area contributed by atoms with E-state index in [0.717, 1.165) is 11.3 Å². The van der Waals surface area contributed by atoms with Crippen molar-refractivity contribution < 1.29 is 14.7 Å². The van der Waals surface area contributed by atoms with E-state index < -0.39 is 17.9 Å². The lowest BCUT2D eigenvalue weighted by molar-refractivity contribution is -0.139. The summed E-state index contributed by atoms with van der Waals surface area (Å²) in [6, 6.07) is 4.18. The number of aromatic nitrogens is 1. The molecule has 0 aliphatic rings. The van der Waals surface area contributed by atoms with Gasteiger partial charge in [-0.15, -0.1) is 11.3 Å². The van der Waals surface area contributed by atoms with Crippen LogP contribution in [0.25, 0.3) is 10.6 Å². The van der Waals surface area contributed by atoms with Gasteiger partial charge in [0, 0.05) is 5.56 Å². The first-order chi connectivity index (χ1) is 11.8. The van der Waals surface area contributed by atoms with E-state index in [1.54, 1.807) is 25.1 Å². The summed E-state index contributed by atoms with van der Waals surface area (Å²) in [6.45, 7) is 1.69. The highest BCUT2D eigenvalue weighted by Gasteiger charge is 2.24. The minimum Gasteiger partial charge on any atom is -0.480 e. The van der Waals surface area contributed by atoms with Crippen molar-refractivity contribution in [2.75, 3.05) is 12.0 Å². The molecule has 134 valence electrons. The number of halogens is 2. The second-order valence-corrected chi connectivity index (χ2v) is 7.98. The molecule has 0 aliphatic heterocycles. The van der Waals surface area contributed by atoms with Crippen LogP contribution in [0.3, 0.4) is 0 Å². The minimum absolute atomic E-state index is 0.349. The highest BCUT2D eigenvalue weighted by atomic mass is 35.5. The number of nitrogens with one attached hydrogen (secondary N) is 1. The molecule has 1 aromatic carbocycles. The number of amides is 1. The maximum absolute atomic E-state index is 12.5. The van der Waals surface area contributed by atoms with E-state index in [4.69, 9.17) is 23.2 Å². The third-order valence-electron chi connectivity index (χ3n) is 3.39. The van der Waals surface area contributed by atoms with Gasteiger partial charge in [0.25, 0.3) is 5.91 Å². The molecule has 5 nitrogen and oxygen atoms in total. The monoisotopic (exact) mass is 418 g/mol. The van der Waals surface area contributed by atoms with Crippen LogP contribution in [0, 0.1) is 6.92 Å². The number of carboxylic acid groups (broad SMARTS) is 1. The van der Waals surface area contributed by atoms with Crippen molar-refractivity contribution in [3.63, 3.8) is 0 Å². The van der Waals surface area contributed by atoms with Gasteiger partial charge >= 0.3 is 5.97 Å². The van der Waals surface area contributed by atoms with E-state index in [-0.39, 0.29) is 0 Å². The number of thiazole rings is 1. The van der Waals surface area contributed by atoms with Crippen LogP contribution in [0.15, 0.2) is 18.2 Å². The smallest absolute Gasteiger partial charge is 0.326 e. The zero-order chi connectivity index (χ0) is 18.6. The van der Waals surface area contributed by atoms with Crippen LogP contribution in [0.1, 0.15) is 21.8 Å². The van der Waals surface area contributed by atoms with Crippen LogP contribution in [0.2, 0.25) is 10.0 Å². The van der Waals surface area contributed by atoms with Crippen LogP contribution in [0.5, 0.6) is 0 Å². The Morgan fingerprint density at radius 3 is 2.56 bits per heavy atom. The number of hydrogen-bond donors (Lipinski definition) is 2. The van der Waals surface area contributed by atoms with Gasteiger partial charge in [0.05, 0.1) is 15.7 Å². The molecule has 0 saturated carbocycles. The van der Waals surface area contributed by atoms with Crippen molar-refractivity contribution in [1.29, 1.82) is 0 Å². The van der Waals surface area contributed by atoms with Gasteiger partial charge in [0.1, 0.15) is 15.9 Å². The van der Waals surface area contributed by atoms with Gasteiger partial charge in [-0.3, -0.25) is 4.79 Å². The number of nitrogens with zero attached hydrogens (tertiary/aromatic N) is 1. The summed E-state index contributed by atoms with van der Waals surface area (Å²) in [5.41, 5.74) is 1.07. The number of hydrogen-bond acceptors (Lipinski definition) is 5. The predicted octanol–water partition coefficient (Wildman–Crippen LogP) is 4.36. The molecule has 1 amide bonds. The molecule has 0 radical (unpaired) electrons. The Morgan fingerprint density at radius 2 is 2.00 bits per heavy atom. The molecule has 0 fully saturated rings. The molecule has 2 rings (SSSR count). The molecule has 25 heavy (non-hydrogen) atoms. The van der Waals surface area contributed by atoms with Crippen LogP contribution in [-0.2, 0) is 4.79 Å². The molecule has 0 saturated heterocycles. The third-order valence-corrected chi connectivity index (χ3v) is 5.84. The number of benzene rings is 1. The fraction of sp³-hybridized carbons (Fsp3) is 0.312. The van der Waals surface area contributed by atoms with E-state index in [2.05, 4.69) is 10.3 Å². The zero-order valence-electron chi connectivity index (χ0n) is 13.5. The van der Waals surface area contributed by atoms with Crippen LogP contribution >= 0.6 is 46.3 Å². The molecule has 0 bridgehead atoms. The maximum atomic E-state index is 12.5. The van der Waals surface area contributed by atoms with E-state index in [9.17, 15) is 14.7 Å². The molecule has 2 N–H and O–H groups in total. The molecular weight excluding hydrogens is 403 g/mol. The van der Waals surface area contributed by atoms with Crippen molar-refractivity contribution in [1.82, 2.24) is 10.3 Å². The molecule has 9 heteroatoms. The topological polar surface area (TPSA) is 79.3 Å². The molecular formula is C16H16Cl2N2O3S2. The molecule has 0 aliphatic carbocycles. The van der Waals surface area contributed by atoms with E-state index in [0.29, 0.717) is 43.4 Å². The Morgan fingerprint density at radius 1 is 1.36 bits per heavy atom. The van der Waals surface area contributed by atoms with Crippen molar-refractivity contribution >= 4 is 58.2 Å². The highest BCUT2D eigenvalue weighted by molar-refractivity contribution is 7.98.